The molecule has 0 radical (unpaired) electrons. The molecule has 6 nitrogen and oxygen atoms in total. The number of likely N-dealkylation sites (N-methyl/N-ethyl adjacent to an activating group) is 1. The van der Waals surface area contributed by atoms with E-state index in [1.807, 2.05) is 18.9 Å². The molecule has 1 N–H and O–H groups in total. The number of hydrogen-bond acceptors (Lipinski definition) is 6. The Hall–Kier alpha value is -2.32. The number of piperidine rings is 1. The van der Waals surface area contributed by atoms with Crippen LogP contribution in [0.3, 0.4) is 0 Å². The van der Waals surface area contributed by atoms with Crippen LogP contribution in [0.15, 0.2) is 24.3 Å². The zero-order valence-electron chi connectivity index (χ0n) is 16.0. The number of phenolic OH excluding ortho intramolecular Hbond substituents is 1. The molecule has 2 fully saturated rings. The van der Waals surface area contributed by atoms with Crippen LogP contribution in [0, 0.1) is 6.92 Å². The summed E-state index contributed by atoms with van der Waals surface area (Å²) < 4.78 is 33.6. The quantitative estimate of drug-likeness (QED) is 0.869. The molecule has 2 atom stereocenters. The van der Waals surface area contributed by atoms with Crippen molar-refractivity contribution in [2.75, 3.05) is 38.2 Å². The van der Waals surface area contributed by atoms with Gasteiger partial charge in [-0.05, 0) is 44.2 Å². The summed E-state index contributed by atoms with van der Waals surface area (Å²) >= 11 is 0. The maximum Gasteiger partial charge on any atom is 0.266 e. The topological polar surface area (TPSA) is 61.7 Å². The van der Waals surface area contributed by atoms with E-state index in [0.29, 0.717) is 19.0 Å². The van der Waals surface area contributed by atoms with Gasteiger partial charge in [0, 0.05) is 30.8 Å². The summed E-state index contributed by atoms with van der Waals surface area (Å²) in [5.41, 5.74) is 0.889. The number of aromatic nitrogens is 2. The monoisotopic (exact) mass is 390 g/mol. The number of phenols is 1. The molecule has 2 aliphatic heterocycles. The summed E-state index contributed by atoms with van der Waals surface area (Å²) in [6.07, 6.45) is -1.75. The minimum absolute atomic E-state index is 0.0156. The molecule has 3 heterocycles. The Morgan fingerprint density at radius 3 is 2.79 bits per heavy atom. The van der Waals surface area contributed by atoms with Crippen molar-refractivity contribution < 1.29 is 18.6 Å². The highest BCUT2D eigenvalue weighted by Crippen LogP contribution is 2.37. The lowest BCUT2D eigenvalue weighted by Gasteiger charge is -2.46. The van der Waals surface area contributed by atoms with Gasteiger partial charge in [0.05, 0.1) is 18.8 Å². The van der Waals surface area contributed by atoms with Crippen LogP contribution >= 0.6 is 0 Å². The molecule has 2 unspecified atom stereocenters. The fraction of sp³-hybridized carbons (Fsp3) is 0.500. The van der Waals surface area contributed by atoms with E-state index in [4.69, 9.17) is 4.74 Å². The standard InChI is InChI=1S/C20H24F2N4O2/c1-12-3-4-13(16(27)9-12)19-14(20(21)22)10-18(23-24-19)26-7-8-28-17-5-6-25(2)11-15(17)26/h3-4,9-10,15,17,20,27H,5-8,11H2,1-2H3. The van der Waals surface area contributed by atoms with Crippen molar-refractivity contribution in [3.8, 4) is 17.0 Å². The second-order valence-corrected chi connectivity index (χ2v) is 7.55. The molecule has 0 spiro atoms. The van der Waals surface area contributed by atoms with Gasteiger partial charge in [-0.25, -0.2) is 8.78 Å². The third-order valence-corrected chi connectivity index (χ3v) is 5.54. The van der Waals surface area contributed by atoms with Crippen molar-refractivity contribution in [2.24, 2.45) is 0 Å². The predicted octanol–water partition coefficient (Wildman–Crippen LogP) is 3.00. The van der Waals surface area contributed by atoms with Crippen LogP contribution in [0.5, 0.6) is 5.75 Å². The van der Waals surface area contributed by atoms with Crippen LogP contribution in [-0.4, -0.2) is 65.6 Å². The van der Waals surface area contributed by atoms with Gasteiger partial charge in [0.1, 0.15) is 11.4 Å². The van der Waals surface area contributed by atoms with Crippen LogP contribution in [0.4, 0.5) is 14.6 Å². The molecule has 28 heavy (non-hydrogen) atoms. The van der Waals surface area contributed by atoms with Gasteiger partial charge in [0.25, 0.3) is 6.43 Å². The number of halogens is 2. The SMILES string of the molecule is Cc1ccc(-c2nnc(N3CCOC4CCN(C)CC43)cc2C(F)F)c(O)c1. The van der Waals surface area contributed by atoms with Gasteiger partial charge in [-0.3, -0.25) is 0 Å². The summed E-state index contributed by atoms with van der Waals surface area (Å²) in [4.78, 5) is 4.24. The van der Waals surface area contributed by atoms with Crippen LogP contribution in [0.2, 0.25) is 0 Å². The Balaban J connectivity index is 1.72. The number of alkyl halides is 2. The molecule has 1 aromatic heterocycles. The number of benzene rings is 1. The minimum Gasteiger partial charge on any atom is -0.507 e. The number of morpholine rings is 1. The Morgan fingerprint density at radius 2 is 2.04 bits per heavy atom. The van der Waals surface area contributed by atoms with E-state index >= 15 is 0 Å². The van der Waals surface area contributed by atoms with Crippen LogP contribution in [0.25, 0.3) is 11.3 Å². The van der Waals surface area contributed by atoms with Crippen LogP contribution in [-0.2, 0) is 4.74 Å². The summed E-state index contributed by atoms with van der Waals surface area (Å²) in [6, 6.07) is 6.35. The molecule has 150 valence electrons. The summed E-state index contributed by atoms with van der Waals surface area (Å²) in [5, 5.41) is 18.6. The van der Waals surface area contributed by atoms with E-state index in [1.165, 1.54) is 12.1 Å². The van der Waals surface area contributed by atoms with Crippen molar-refractivity contribution in [3.05, 3.63) is 35.4 Å². The van der Waals surface area contributed by atoms with Crippen LogP contribution < -0.4 is 4.90 Å². The largest absolute Gasteiger partial charge is 0.507 e. The molecule has 8 heteroatoms. The number of fused-ring (bicyclic) bond motifs is 1. The van der Waals surface area contributed by atoms with Crippen molar-refractivity contribution in [3.63, 3.8) is 0 Å². The first-order valence-electron chi connectivity index (χ1n) is 9.46. The number of hydrogen-bond donors (Lipinski definition) is 1. The molecule has 4 rings (SSSR count). The smallest absolute Gasteiger partial charge is 0.266 e. The van der Waals surface area contributed by atoms with E-state index in [2.05, 4.69) is 15.1 Å². The van der Waals surface area contributed by atoms with Crippen molar-refractivity contribution in [2.45, 2.75) is 31.9 Å². The number of aromatic hydroxyl groups is 1. The van der Waals surface area contributed by atoms with Gasteiger partial charge >= 0.3 is 0 Å². The van der Waals surface area contributed by atoms with Crippen molar-refractivity contribution >= 4 is 5.82 Å². The third-order valence-electron chi connectivity index (χ3n) is 5.54. The zero-order chi connectivity index (χ0) is 19.8. The number of rotatable bonds is 3. The number of likely N-dealkylation sites (tertiary alicyclic amines) is 1. The second-order valence-electron chi connectivity index (χ2n) is 7.55. The van der Waals surface area contributed by atoms with Crippen molar-refractivity contribution in [1.82, 2.24) is 15.1 Å². The number of anilines is 1. The average Bonchev–Trinajstić information content (AvgIpc) is 2.67. The zero-order valence-corrected chi connectivity index (χ0v) is 16.0. The third kappa shape index (κ3) is 3.54. The normalized spacial score (nSPS) is 23.1. The number of aryl methyl sites for hydroxylation is 1. The first kappa shape index (κ1) is 19.0. The first-order chi connectivity index (χ1) is 13.4. The highest BCUT2D eigenvalue weighted by Gasteiger charge is 2.37. The molecule has 2 aliphatic rings. The Labute approximate surface area is 162 Å². The highest BCUT2D eigenvalue weighted by atomic mass is 19.3. The van der Waals surface area contributed by atoms with Gasteiger partial charge < -0.3 is 19.6 Å². The lowest BCUT2D eigenvalue weighted by atomic mass is 9.98. The summed E-state index contributed by atoms with van der Waals surface area (Å²) in [7, 11) is 2.04. The molecule has 2 saturated heterocycles. The average molecular weight is 390 g/mol. The highest BCUT2D eigenvalue weighted by molar-refractivity contribution is 5.71. The molecule has 1 aromatic carbocycles. The van der Waals surface area contributed by atoms with Crippen LogP contribution in [0.1, 0.15) is 24.0 Å². The first-order valence-corrected chi connectivity index (χ1v) is 9.46. The minimum atomic E-state index is -2.73. The lowest BCUT2D eigenvalue weighted by Crippen LogP contribution is -2.59. The lowest BCUT2D eigenvalue weighted by molar-refractivity contribution is -0.0246. The maximum absolute atomic E-state index is 13.9. The van der Waals surface area contributed by atoms with E-state index < -0.39 is 6.43 Å². The van der Waals surface area contributed by atoms with E-state index in [1.54, 1.807) is 12.1 Å². The van der Waals surface area contributed by atoms with Gasteiger partial charge in [-0.2, -0.15) is 0 Å². The predicted molar refractivity (Wildman–Crippen MR) is 102 cm³/mol. The Morgan fingerprint density at radius 1 is 1.21 bits per heavy atom. The fourth-order valence-electron chi connectivity index (χ4n) is 4.07. The Bertz CT molecular complexity index is 864. The number of nitrogens with zero attached hydrogens (tertiary/aromatic N) is 4. The van der Waals surface area contributed by atoms with E-state index in [0.717, 1.165) is 25.1 Å². The van der Waals surface area contributed by atoms with Gasteiger partial charge in [-0.15, -0.1) is 10.2 Å². The second kappa shape index (κ2) is 7.60. The number of ether oxygens (including phenoxy) is 1. The summed E-state index contributed by atoms with van der Waals surface area (Å²) in [6.45, 7) is 4.69. The van der Waals surface area contributed by atoms with E-state index in [-0.39, 0.29) is 34.7 Å². The molecule has 0 saturated carbocycles. The Kier molecular flexibility index (Phi) is 5.16. The van der Waals surface area contributed by atoms with E-state index in [9.17, 15) is 13.9 Å². The van der Waals surface area contributed by atoms with Gasteiger partial charge in [0.2, 0.25) is 0 Å². The molecule has 0 amide bonds. The molecule has 0 aliphatic carbocycles. The summed E-state index contributed by atoms with van der Waals surface area (Å²) in [5.74, 6) is 0.351. The van der Waals surface area contributed by atoms with Gasteiger partial charge in [-0.1, -0.05) is 6.07 Å². The molecular formula is C20H24F2N4O2. The van der Waals surface area contributed by atoms with Gasteiger partial charge in [0.15, 0.2) is 5.82 Å². The fourth-order valence-corrected chi connectivity index (χ4v) is 4.07. The molecule has 2 aromatic rings. The molecular weight excluding hydrogens is 366 g/mol. The molecule has 0 bridgehead atoms. The van der Waals surface area contributed by atoms with Crippen molar-refractivity contribution in [1.29, 1.82) is 0 Å². The maximum atomic E-state index is 13.9.